The van der Waals surface area contributed by atoms with Crippen LogP contribution in [-0.2, 0) is 22.5 Å². The zero-order valence-corrected chi connectivity index (χ0v) is 10.8. The van der Waals surface area contributed by atoms with Gasteiger partial charge in [0, 0.05) is 12.1 Å². The number of nitrogens with zero attached hydrogens (tertiary/aromatic N) is 1. The number of carbonyl (C=O) groups excluding carboxylic acids is 1. The van der Waals surface area contributed by atoms with Gasteiger partial charge in [-0.1, -0.05) is 0 Å². The van der Waals surface area contributed by atoms with Gasteiger partial charge in [-0.05, 0) is 18.6 Å². The van der Waals surface area contributed by atoms with Crippen molar-refractivity contribution >= 4 is 5.97 Å². The average Bonchev–Trinajstić information content (AvgIpc) is 2.38. The first-order chi connectivity index (χ1) is 9.03. The van der Waals surface area contributed by atoms with Crippen LogP contribution in [0.15, 0.2) is 6.07 Å². The topological polar surface area (TPSA) is 74.4 Å². The van der Waals surface area contributed by atoms with Gasteiger partial charge in [-0.3, -0.25) is 4.79 Å². The summed E-state index contributed by atoms with van der Waals surface area (Å²) in [5, 5.41) is 0. The van der Waals surface area contributed by atoms with Crippen LogP contribution in [-0.4, -0.2) is 24.7 Å². The monoisotopic (exact) mass is 274 g/mol. The zero-order chi connectivity index (χ0) is 14.4. The Balaban J connectivity index is 3.17. The number of methoxy groups -OCH3 is 1. The fourth-order valence-electron chi connectivity index (χ4n) is 1.63. The number of hydrogen-bond donors (Lipinski definition) is 1. The Morgan fingerprint density at radius 2 is 2.21 bits per heavy atom. The summed E-state index contributed by atoms with van der Waals surface area (Å²) >= 11 is 0. The van der Waals surface area contributed by atoms with Crippen LogP contribution in [0.2, 0.25) is 0 Å². The molecule has 0 fully saturated rings. The van der Waals surface area contributed by atoms with Crippen molar-refractivity contribution in [2.75, 3.05) is 13.7 Å². The lowest BCUT2D eigenvalue weighted by Crippen LogP contribution is -2.14. The maximum atomic E-state index is 12.7. The van der Waals surface area contributed by atoms with Gasteiger partial charge in [-0.25, -0.2) is 13.8 Å². The van der Waals surface area contributed by atoms with Crippen molar-refractivity contribution in [1.82, 2.24) is 4.98 Å². The minimum absolute atomic E-state index is 0.00728. The molecule has 0 aromatic carbocycles. The van der Waals surface area contributed by atoms with Crippen molar-refractivity contribution in [3.63, 3.8) is 0 Å². The number of pyridine rings is 1. The molecule has 0 bridgehead atoms. The molecular weight excluding hydrogens is 258 g/mol. The lowest BCUT2D eigenvalue weighted by atomic mass is 10.1. The van der Waals surface area contributed by atoms with Gasteiger partial charge in [0.1, 0.15) is 5.69 Å². The number of aromatic nitrogens is 1. The number of ether oxygens (including phenoxy) is 2. The third kappa shape index (κ3) is 3.85. The molecule has 0 amide bonds. The fourth-order valence-corrected chi connectivity index (χ4v) is 1.63. The molecule has 0 radical (unpaired) electrons. The van der Waals surface area contributed by atoms with Crippen LogP contribution in [0.5, 0.6) is 5.88 Å². The molecule has 0 unspecified atom stereocenters. The van der Waals surface area contributed by atoms with E-state index in [-0.39, 0.29) is 25.5 Å². The summed E-state index contributed by atoms with van der Waals surface area (Å²) < 4.78 is 35.1. The van der Waals surface area contributed by atoms with E-state index in [0.717, 1.165) is 0 Å². The number of esters is 1. The fraction of sp³-hybridized carbons (Fsp3) is 0.500. The maximum absolute atomic E-state index is 12.7. The SMILES string of the molecule is CCOC(=O)Cc1c(CN)cc(C(F)F)nc1OC. The highest BCUT2D eigenvalue weighted by Gasteiger charge is 2.19. The molecule has 0 spiro atoms. The molecule has 1 aromatic rings. The summed E-state index contributed by atoms with van der Waals surface area (Å²) in [4.78, 5) is 15.1. The van der Waals surface area contributed by atoms with Gasteiger partial charge in [0.2, 0.25) is 5.88 Å². The van der Waals surface area contributed by atoms with E-state index < -0.39 is 18.1 Å². The predicted molar refractivity (Wildman–Crippen MR) is 64.0 cm³/mol. The van der Waals surface area contributed by atoms with Crippen molar-refractivity contribution in [3.8, 4) is 5.88 Å². The molecule has 1 heterocycles. The first kappa shape index (κ1) is 15.3. The van der Waals surface area contributed by atoms with Crippen LogP contribution in [0.1, 0.15) is 30.2 Å². The van der Waals surface area contributed by atoms with Crippen LogP contribution >= 0.6 is 0 Å². The molecule has 0 atom stereocenters. The van der Waals surface area contributed by atoms with Crippen molar-refractivity contribution in [2.45, 2.75) is 26.3 Å². The molecule has 2 N–H and O–H groups in total. The number of rotatable bonds is 6. The molecule has 5 nitrogen and oxygen atoms in total. The van der Waals surface area contributed by atoms with Gasteiger partial charge in [0.05, 0.1) is 20.1 Å². The van der Waals surface area contributed by atoms with Crippen LogP contribution in [0.25, 0.3) is 0 Å². The Morgan fingerprint density at radius 1 is 1.53 bits per heavy atom. The Morgan fingerprint density at radius 3 is 2.68 bits per heavy atom. The van der Waals surface area contributed by atoms with Crippen molar-refractivity contribution in [3.05, 3.63) is 22.9 Å². The molecule has 7 heteroatoms. The number of alkyl halides is 2. The molecule has 106 valence electrons. The second kappa shape index (κ2) is 6.98. The molecule has 0 saturated heterocycles. The lowest BCUT2D eigenvalue weighted by Gasteiger charge is -2.13. The van der Waals surface area contributed by atoms with Gasteiger partial charge < -0.3 is 15.2 Å². The van der Waals surface area contributed by atoms with E-state index in [2.05, 4.69) is 4.98 Å². The van der Waals surface area contributed by atoms with Crippen LogP contribution in [0, 0.1) is 0 Å². The first-order valence-electron chi connectivity index (χ1n) is 5.73. The van der Waals surface area contributed by atoms with E-state index >= 15 is 0 Å². The lowest BCUT2D eigenvalue weighted by molar-refractivity contribution is -0.142. The van der Waals surface area contributed by atoms with E-state index in [0.29, 0.717) is 11.1 Å². The molecule has 1 aromatic heterocycles. The highest BCUT2D eigenvalue weighted by molar-refractivity contribution is 5.74. The van der Waals surface area contributed by atoms with Gasteiger partial charge in [0.15, 0.2) is 0 Å². The summed E-state index contributed by atoms with van der Waals surface area (Å²) in [6.45, 7) is 1.92. The smallest absolute Gasteiger partial charge is 0.310 e. The first-order valence-corrected chi connectivity index (χ1v) is 5.73. The number of halogens is 2. The van der Waals surface area contributed by atoms with Crippen molar-refractivity contribution in [1.29, 1.82) is 0 Å². The Hall–Kier alpha value is -1.76. The summed E-state index contributed by atoms with van der Waals surface area (Å²) in [5.41, 5.74) is 5.87. The summed E-state index contributed by atoms with van der Waals surface area (Å²) in [6, 6.07) is 1.18. The van der Waals surface area contributed by atoms with E-state index in [4.69, 9.17) is 15.2 Å². The Kier molecular flexibility index (Phi) is 5.62. The second-order valence-electron chi connectivity index (χ2n) is 3.68. The minimum atomic E-state index is -2.73. The van der Waals surface area contributed by atoms with Gasteiger partial charge in [0.25, 0.3) is 6.43 Å². The van der Waals surface area contributed by atoms with E-state index in [1.165, 1.54) is 13.2 Å². The van der Waals surface area contributed by atoms with Gasteiger partial charge >= 0.3 is 5.97 Å². The highest BCUT2D eigenvalue weighted by Crippen LogP contribution is 2.27. The molecule has 0 aliphatic rings. The largest absolute Gasteiger partial charge is 0.481 e. The summed E-state index contributed by atoms with van der Waals surface area (Å²) in [7, 11) is 1.30. The van der Waals surface area contributed by atoms with Gasteiger partial charge in [-0.2, -0.15) is 0 Å². The summed E-state index contributed by atoms with van der Waals surface area (Å²) in [5.74, 6) is -0.506. The third-order valence-corrected chi connectivity index (χ3v) is 2.46. The van der Waals surface area contributed by atoms with Crippen molar-refractivity contribution in [2.24, 2.45) is 5.73 Å². The number of carbonyl (C=O) groups is 1. The van der Waals surface area contributed by atoms with Gasteiger partial charge in [-0.15, -0.1) is 0 Å². The Labute approximate surface area is 109 Å². The molecule has 19 heavy (non-hydrogen) atoms. The number of hydrogen-bond acceptors (Lipinski definition) is 5. The maximum Gasteiger partial charge on any atom is 0.310 e. The molecule has 0 aliphatic heterocycles. The van der Waals surface area contributed by atoms with Crippen LogP contribution < -0.4 is 10.5 Å². The highest BCUT2D eigenvalue weighted by atomic mass is 19.3. The van der Waals surface area contributed by atoms with E-state index in [1.54, 1.807) is 6.92 Å². The minimum Gasteiger partial charge on any atom is -0.481 e. The van der Waals surface area contributed by atoms with Crippen LogP contribution in [0.4, 0.5) is 8.78 Å². The molecular formula is C12H16F2N2O3. The standard InChI is InChI=1S/C12H16F2N2O3/c1-3-19-10(17)5-8-7(6-15)4-9(11(13)14)16-12(8)18-2/h4,11H,3,5-6,15H2,1-2H3. The number of nitrogens with two attached hydrogens (primary N) is 1. The molecule has 0 aliphatic carbocycles. The molecule has 0 saturated carbocycles. The van der Waals surface area contributed by atoms with E-state index in [1.807, 2.05) is 0 Å². The second-order valence-corrected chi connectivity index (χ2v) is 3.68. The Bertz CT molecular complexity index is 428. The third-order valence-electron chi connectivity index (χ3n) is 2.46. The zero-order valence-electron chi connectivity index (χ0n) is 10.8. The summed E-state index contributed by atoms with van der Waals surface area (Å²) in [6.07, 6.45) is -2.84. The predicted octanol–water partition coefficient (Wildman–Crippen LogP) is 1.59. The molecule has 1 rings (SSSR count). The normalized spacial score (nSPS) is 10.6. The average molecular weight is 274 g/mol. The quantitative estimate of drug-likeness (QED) is 0.797. The van der Waals surface area contributed by atoms with Crippen LogP contribution in [0.3, 0.4) is 0 Å². The van der Waals surface area contributed by atoms with E-state index in [9.17, 15) is 13.6 Å². The van der Waals surface area contributed by atoms with Crippen molar-refractivity contribution < 1.29 is 23.0 Å².